The zero-order valence-electron chi connectivity index (χ0n) is 16.2. The molecule has 0 atom stereocenters. The molecule has 0 aliphatic heterocycles. The van der Waals surface area contributed by atoms with Gasteiger partial charge in [-0.25, -0.2) is 0 Å². The third-order valence-corrected chi connectivity index (χ3v) is 4.78. The van der Waals surface area contributed by atoms with E-state index in [-0.39, 0.29) is 11.3 Å². The Balaban J connectivity index is 1.59. The van der Waals surface area contributed by atoms with Crippen LogP contribution in [-0.2, 0) is 4.79 Å². The standard InChI is InChI=1S/C24H16N4O3/c25-16-19(24(29)26-20-8-7-17-4-1-2-5-18(17)14-20)15-23-6-3-13-27(23)21-9-11-22(12-10-21)28(30)31/h1-15H,(H,26,29)/b19-15+. The predicted octanol–water partition coefficient (Wildman–Crippen LogP) is 5.08. The quantitative estimate of drug-likeness (QED) is 0.215. The molecule has 1 N–H and O–H groups in total. The van der Waals surface area contributed by atoms with Gasteiger partial charge in [-0.05, 0) is 53.2 Å². The van der Waals surface area contributed by atoms with E-state index in [1.54, 1.807) is 41.1 Å². The van der Waals surface area contributed by atoms with Gasteiger partial charge >= 0.3 is 0 Å². The van der Waals surface area contributed by atoms with Gasteiger partial charge in [0.1, 0.15) is 11.6 Å². The summed E-state index contributed by atoms with van der Waals surface area (Å²) in [5.41, 5.74) is 1.79. The third kappa shape index (κ3) is 4.18. The van der Waals surface area contributed by atoms with Crippen LogP contribution in [-0.4, -0.2) is 15.4 Å². The molecule has 0 bridgehead atoms. The van der Waals surface area contributed by atoms with E-state index in [1.807, 2.05) is 42.5 Å². The maximum Gasteiger partial charge on any atom is 0.269 e. The number of carbonyl (C=O) groups is 1. The number of hydrogen-bond acceptors (Lipinski definition) is 4. The van der Waals surface area contributed by atoms with Gasteiger partial charge in [0.2, 0.25) is 0 Å². The van der Waals surface area contributed by atoms with Crippen LogP contribution in [0.4, 0.5) is 11.4 Å². The van der Waals surface area contributed by atoms with Gasteiger partial charge in [-0.3, -0.25) is 14.9 Å². The van der Waals surface area contributed by atoms with Crippen LogP contribution in [0.5, 0.6) is 0 Å². The van der Waals surface area contributed by atoms with E-state index < -0.39 is 10.8 Å². The Bertz CT molecular complexity index is 1360. The summed E-state index contributed by atoms with van der Waals surface area (Å²) in [5, 5.41) is 25.2. The van der Waals surface area contributed by atoms with Gasteiger partial charge in [-0.1, -0.05) is 30.3 Å². The number of benzene rings is 3. The maximum absolute atomic E-state index is 12.7. The molecule has 3 aromatic carbocycles. The van der Waals surface area contributed by atoms with E-state index in [0.717, 1.165) is 10.8 Å². The van der Waals surface area contributed by atoms with Crippen molar-refractivity contribution in [2.75, 3.05) is 5.32 Å². The number of amides is 1. The van der Waals surface area contributed by atoms with Crippen LogP contribution in [0.25, 0.3) is 22.5 Å². The minimum absolute atomic E-state index is 0.0134. The molecular weight excluding hydrogens is 392 g/mol. The number of rotatable bonds is 5. The number of carbonyl (C=O) groups excluding carboxylic acids is 1. The number of fused-ring (bicyclic) bond motifs is 1. The predicted molar refractivity (Wildman–Crippen MR) is 119 cm³/mol. The number of nitro groups is 1. The topological polar surface area (TPSA) is 101 Å². The molecule has 0 fully saturated rings. The van der Waals surface area contributed by atoms with Crippen molar-refractivity contribution in [3.05, 3.63) is 106 Å². The Labute approximate surface area is 177 Å². The largest absolute Gasteiger partial charge is 0.321 e. The minimum atomic E-state index is -0.519. The molecular formula is C24H16N4O3. The molecule has 7 heteroatoms. The normalized spacial score (nSPS) is 11.1. The van der Waals surface area contributed by atoms with Gasteiger partial charge in [-0.2, -0.15) is 5.26 Å². The molecule has 0 spiro atoms. The fraction of sp³-hybridized carbons (Fsp3) is 0. The first kappa shape index (κ1) is 19.6. The van der Waals surface area contributed by atoms with Crippen molar-refractivity contribution in [2.45, 2.75) is 0 Å². The number of aromatic nitrogens is 1. The van der Waals surface area contributed by atoms with E-state index in [1.165, 1.54) is 18.2 Å². The van der Waals surface area contributed by atoms with Crippen molar-refractivity contribution < 1.29 is 9.72 Å². The number of nitrogens with zero attached hydrogens (tertiary/aromatic N) is 3. The van der Waals surface area contributed by atoms with E-state index in [9.17, 15) is 20.2 Å². The second-order valence-electron chi connectivity index (χ2n) is 6.76. The molecule has 0 saturated carbocycles. The van der Waals surface area contributed by atoms with Gasteiger partial charge in [0, 0.05) is 35.4 Å². The van der Waals surface area contributed by atoms with Gasteiger partial charge in [0.25, 0.3) is 11.6 Å². The molecule has 31 heavy (non-hydrogen) atoms. The highest BCUT2D eigenvalue weighted by Gasteiger charge is 2.12. The highest BCUT2D eigenvalue weighted by atomic mass is 16.6. The molecule has 1 aromatic heterocycles. The van der Waals surface area contributed by atoms with Crippen LogP contribution >= 0.6 is 0 Å². The van der Waals surface area contributed by atoms with E-state index in [4.69, 9.17) is 0 Å². The smallest absolute Gasteiger partial charge is 0.269 e. The number of non-ortho nitro benzene ring substituents is 1. The fourth-order valence-electron chi connectivity index (χ4n) is 3.24. The molecule has 0 aliphatic rings. The molecule has 7 nitrogen and oxygen atoms in total. The molecule has 1 heterocycles. The minimum Gasteiger partial charge on any atom is -0.321 e. The first-order chi connectivity index (χ1) is 15.0. The zero-order chi connectivity index (χ0) is 21.8. The van der Waals surface area contributed by atoms with Gasteiger partial charge < -0.3 is 9.88 Å². The molecule has 0 saturated heterocycles. The lowest BCUT2D eigenvalue weighted by Gasteiger charge is -2.08. The zero-order valence-corrected chi connectivity index (χ0v) is 16.2. The lowest BCUT2D eigenvalue weighted by molar-refractivity contribution is -0.384. The number of nitriles is 1. The highest BCUT2D eigenvalue weighted by Crippen LogP contribution is 2.21. The molecule has 0 aliphatic carbocycles. The number of nitro benzene ring substituents is 1. The summed E-state index contributed by atoms with van der Waals surface area (Å²) in [6.07, 6.45) is 3.24. The van der Waals surface area contributed by atoms with Crippen molar-refractivity contribution in [3.63, 3.8) is 0 Å². The average Bonchev–Trinajstić information content (AvgIpc) is 3.25. The van der Waals surface area contributed by atoms with E-state index in [2.05, 4.69) is 5.32 Å². The Morgan fingerprint density at radius 1 is 1.00 bits per heavy atom. The van der Waals surface area contributed by atoms with Crippen molar-refractivity contribution in [1.29, 1.82) is 5.26 Å². The van der Waals surface area contributed by atoms with Crippen molar-refractivity contribution in [2.24, 2.45) is 0 Å². The SMILES string of the molecule is N#C/C(=C\c1cccn1-c1ccc([N+](=O)[O-])cc1)C(=O)Nc1ccc2ccccc2c1. The van der Waals surface area contributed by atoms with Gasteiger partial charge in [0.15, 0.2) is 0 Å². The summed E-state index contributed by atoms with van der Waals surface area (Å²) in [6.45, 7) is 0. The fourth-order valence-corrected chi connectivity index (χ4v) is 3.24. The first-order valence-electron chi connectivity index (χ1n) is 9.39. The summed E-state index contributed by atoms with van der Waals surface area (Å²) in [6, 6.07) is 24.8. The Hall–Kier alpha value is -4.70. The molecule has 4 aromatic rings. The van der Waals surface area contributed by atoms with Crippen LogP contribution in [0.3, 0.4) is 0 Å². The Kier molecular flexibility index (Phi) is 5.28. The van der Waals surface area contributed by atoms with Crippen LogP contribution in [0.15, 0.2) is 90.6 Å². The summed E-state index contributed by atoms with van der Waals surface area (Å²) in [4.78, 5) is 23.1. The average molecular weight is 408 g/mol. The van der Waals surface area contributed by atoms with Gasteiger partial charge in [-0.15, -0.1) is 0 Å². The van der Waals surface area contributed by atoms with Crippen LogP contribution < -0.4 is 5.32 Å². The van der Waals surface area contributed by atoms with Gasteiger partial charge in [0.05, 0.1) is 4.92 Å². The van der Waals surface area contributed by atoms with E-state index in [0.29, 0.717) is 17.1 Å². The molecule has 4 rings (SSSR count). The van der Waals surface area contributed by atoms with Crippen LogP contribution in [0.1, 0.15) is 5.69 Å². The summed E-state index contributed by atoms with van der Waals surface area (Å²) >= 11 is 0. The molecule has 0 radical (unpaired) electrons. The summed E-state index contributed by atoms with van der Waals surface area (Å²) < 4.78 is 1.74. The first-order valence-corrected chi connectivity index (χ1v) is 9.39. The molecule has 1 amide bonds. The summed E-state index contributed by atoms with van der Waals surface area (Å²) in [7, 11) is 0. The Morgan fingerprint density at radius 3 is 2.45 bits per heavy atom. The lowest BCUT2D eigenvalue weighted by atomic mass is 10.1. The monoisotopic (exact) mass is 408 g/mol. The second kappa shape index (κ2) is 8.35. The number of nitrogens with one attached hydrogen (secondary N) is 1. The van der Waals surface area contributed by atoms with Crippen molar-refractivity contribution in [1.82, 2.24) is 4.57 Å². The lowest BCUT2D eigenvalue weighted by Crippen LogP contribution is -2.13. The molecule has 0 unspecified atom stereocenters. The number of hydrogen-bond donors (Lipinski definition) is 1. The van der Waals surface area contributed by atoms with Crippen molar-refractivity contribution >= 4 is 34.1 Å². The maximum atomic E-state index is 12.7. The van der Waals surface area contributed by atoms with E-state index >= 15 is 0 Å². The van der Waals surface area contributed by atoms with Crippen LogP contribution in [0, 0.1) is 21.4 Å². The second-order valence-corrected chi connectivity index (χ2v) is 6.76. The van der Waals surface area contributed by atoms with Crippen LogP contribution in [0.2, 0.25) is 0 Å². The Morgan fingerprint density at radius 2 is 1.74 bits per heavy atom. The molecule has 150 valence electrons. The highest BCUT2D eigenvalue weighted by molar-refractivity contribution is 6.10. The summed E-state index contributed by atoms with van der Waals surface area (Å²) in [5.74, 6) is -0.519. The third-order valence-electron chi connectivity index (χ3n) is 4.78. The number of anilines is 1. The van der Waals surface area contributed by atoms with Crippen molar-refractivity contribution in [3.8, 4) is 11.8 Å².